The number of quaternary nitrogens is 1. The SMILES string of the molecule is CC[C@@H](C)[NH2+]CCCCOc1cc(C)ccc1Cl. The summed E-state index contributed by atoms with van der Waals surface area (Å²) in [4.78, 5) is 0. The summed E-state index contributed by atoms with van der Waals surface area (Å²) >= 11 is 6.07. The van der Waals surface area contributed by atoms with E-state index in [0.717, 1.165) is 24.8 Å². The minimum Gasteiger partial charge on any atom is -0.492 e. The molecule has 0 amide bonds. The molecule has 0 saturated heterocycles. The number of halogens is 1. The maximum atomic E-state index is 6.07. The van der Waals surface area contributed by atoms with Gasteiger partial charge in [0.25, 0.3) is 0 Å². The molecule has 1 atom stereocenters. The lowest BCUT2D eigenvalue weighted by atomic mass is 10.2. The summed E-state index contributed by atoms with van der Waals surface area (Å²) in [5, 5.41) is 3.10. The summed E-state index contributed by atoms with van der Waals surface area (Å²) in [6.45, 7) is 8.47. The molecule has 0 saturated carbocycles. The molecule has 0 heterocycles. The lowest BCUT2D eigenvalue weighted by molar-refractivity contribution is -0.686. The van der Waals surface area contributed by atoms with E-state index in [1.54, 1.807) is 0 Å². The smallest absolute Gasteiger partial charge is 0.138 e. The van der Waals surface area contributed by atoms with E-state index in [1.807, 2.05) is 25.1 Å². The van der Waals surface area contributed by atoms with Gasteiger partial charge in [-0.1, -0.05) is 24.6 Å². The first-order chi connectivity index (χ1) is 8.63. The Bertz CT molecular complexity index is 354. The minimum absolute atomic E-state index is 0.701. The molecule has 0 aliphatic carbocycles. The first-order valence-corrected chi connectivity index (χ1v) is 7.23. The highest BCUT2D eigenvalue weighted by Crippen LogP contribution is 2.25. The fraction of sp³-hybridized carbons (Fsp3) is 0.600. The van der Waals surface area contributed by atoms with Gasteiger partial charge in [0, 0.05) is 0 Å². The molecule has 0 spiro atoms. The lowest BCUT2D eigenvalue weighted by Gasteiger charge is -2.10. The molecule has 2 N–H and O–H groups in total. The van der Waals surface area contributed by atoms with E-state index in [4.69, 9.17) is 16.3 Å². The van der Waals surface area contributed by atoms with Crippen LogP contribution in [0.4, 0.5) is 0 Å². The van der Waals surface area contributed by atoms with Crippen molar-refractivity contribution in [1.82, 2.24) is 0 Å². The van der Waals surface area contributed by atoms with Crippen molar-refractivity contribution >= 4 is 11.6 Å². The molecule has 1 rings (SSSR count). The Hall–Kier alpha value is -0.730. The number of rotatable bonds is 8. The molecule has 2 nitrogen and oxygen atoms in total. The quantitative estimate of drug-likeness (QED) is 0.722. The Morgan fingerprint density at radius 3 is 2.83 bits per heavy atom. The summed E-state index contributed by atoms with van der Waals surface area (Å²) in [7, 11) is 0. The van der Waals surface area contributed by atoms with Crippen molar-refractivity contribution in [2.75, 3.05) is 13.2 Å². The van der Waals surface area contributed by atoms with E-state index >= 15 is 0 Å². The molecule has 0 fully saturated rings. The lowest BCUT2D eigenvalue weighted by Crippen LogP contribution is -2.89. The summed E-state index contributed by atoms with van der Waals surface area (Å²) in [5.74, 6) is 0.808. The molecule has 0 unspecified atom stereocenters. The minimum atomic E-state index is 0.701. The van der Waals surface area contributed by atoms with Gasteiger partial charge >= 0.3 is 0 Å². The first-order valence-electron chi connectivity index (χ1n) is 6.85. The first kappa shape index (κ1) is 15.3. The number of unbranched alkanes of at least 4 members (excludes halogenated alkanes) is 1. The number of aryl methyl sites for hydroxylation is 1. The number of nitrogens with two attached hydrogens (primary N) is 1. The molecule has 102 valence electrons. The molecule has 1 aromatic carbocycles. The average Bonchev–Trinajstić information content (AvgIpc) is 2.37. The molecule has 0 radical (unpaired) electrons. The second-order valence-corrected chi connectivity index (χ2v) is 5.31. The van der Waals surface area contributed by atoms with E-state index in [-0.39, 0.29) is 0 Å². The highest BCUT2D eigenvalue weighted by molar-refractivity contribution is 6.32. The molecule has 1 aromatic rings. The zero-order chi connectivity index (χ0) is 13.4. The van der Waals surface area contributed by atoms with Gasteiger partial charge in [-0.25, -0.2) is 0 Å². The monoisotopic (exact) mass is 270 g/mol. The fourth-order valence-corrected chi connectivity index (χ4v) is 1.89. The third-order valence-electron chi connectivity index (χ3n) is 3.16. The van der Waals surface area contributed by atoms with Crippen LogP contribution in [0.2, 0.25) is 5.02 Å². The predicted octanol–water partition coefficient (Wildman–Crippen LogP) is 3.17. The van der Waals surface area contributed by atoms with Crippen molar-refractivity contribution in [1.29, 1.82) is 0 Å². The highest BCUT2D eigenvalue weighted by Gasteiger charge is 2.02. The van der Waals surface area contributed by atoms with Crippen LogP contribution in [0, 0.1) is 6.92 Å². The van der Waals surface area contributed by atoms with E-state index in [0.29, 0.717) is 5.02 Å². The predicted molar refractivity (Wildman–Crippen MR) is 77.5 cm³/mol. The summed E-state index contributed by atoms with van der Waals surface area (Å²) < 4.78 is 5.71. The van der Waals surface area contributed by atoms with E-state index in [1.165, 1.54) is 24.9 Å². The Labute approximate surface area is 116 Å². The maximum Gasteiger partial charge on any atom is 0.138 e. The zero-order valence-electron chi connectivity index (χ0n) is 11.7. The van der Waals surface area contributed by atoms with Gasteiger partial charge in [-0.15, -0.1) is 0 Å². The van der Waals surface area contributed by atoms with Gasteiger partial charge in [0.05, 0.1) is 24.2 Å². The number of benzene rings is 1. The number of hydrogen-bond acceptors (Lipinski definition) is 1. The van der Waals surface area contributed by atoms with Gasteiger partial charge in [-0.3, -0.25) is 0 Å². The standard InChI is InChI=1S/C15H24ClNO/c1-4-13(3)17-9-5-6-10-18-15-11-12(2)7-8-14(15)16/h7-8,11,13,17H,4-6,9-10H2,1-3H3/p+1/t13-/m1/s1. The third kappa shape index (κ3) is 5.74. The Morgan fingerprint density at radius 1 is 1.33 bits per heavy atom. The van der Waals surface area contributed by atoms with Crippen LogP contribution >= 0.6 is 11.6 Å². The molecule has 0 aliphatic rings. The highest BCUT2D eigenvalue weighted by atomic mass is 35.5. The van der Waals surface area contributed by atoms with Gasteiger partial charge in [0.2, 0.25) is 0 Å². The van der Waals surface area contributed by atoms with Crippen molar-refractivity contribution in [3.8, 4) is 5.75 Å². The van der Waals surface area contributed by atoms with Crippen molar-refractivity contribution in [3.05, 3.63) is 28.8 Å². The average molecular weight is 271 g/mol. The van der Waals surface area contributed by atoms with Crippen LogP contribution in [0.3, 0.4) is 0 Å². The van der Waals surface area contributed by atoms with Crippen LogP contribution in [-0.2, 0) is 0 Å². The van der Waals surface area contributed by atoms with Crippen molar-refractivity contribution in [2.24, 2.45) is 0 Å². The second-order valence-electron chi connectivity index (χ2n) is 4.90. The largest absolute Gasteiger partial charge is 0.492 e. The number of hydrogen-bond donors (Lipinski definition) is 1. The molecule has 0 aliphatic heterocycles. The summed E-state index contributed by atoms with van der Waals surface area (Å²) in [6, 6.07) is 6.62. The second kappa shape index (κ2) is 8.39. The zero-order valence-corrected chi connectivity index (χ0v) is 12.5. The van der Waals surface area contributed by atoms with Crippen LogP contribution in [0.15, 0.2) is 18.2 Å². The van der Waals surface area contributed by atoms with E-state index < -0.39 is 0 Å². The topological polar surface area (TPSA) is 25.8 Å². The van der Waals surface area contributed by atoms with Crippen LogP contribution in [0.5, 0.6) is 5.75 Å². The van der Waals surface area contributed by atoms with Gasteiger partial charge in [-0.2, -0.15) is 0 Å². The van der Waals surface area contributed by atoms with Gasteiger partial charge in [-0.05, 0) is 50.8 Å². The van der Waals surface area contributed by atoms with Crippen LogP contribution in [0.25, 0.3) is 0 Å². The third-order valence-corrected chi connectivity index (χ3v) is 3.47. The normalized spacial score (nSPS) is 12.4. The molecular formula is C15H25ClNO+. The van der Waals surface area contributed by atoms with E-state index in [2.05, 4.69) is 19.2 Å². The Morgan fingerprint density at radius 2 is 2.11 bits per heavy atom. The van der Waals surface area contributed by atoms with Gasteiger partial charge in [0.15, 0.2) is 0 Å². The van der Waals surface area contributed by atoms with Crippen molar-refractivity contribution in [3.63, 3.8) is 0 Å². The summed E-state index contributed by atoms with van der Waals surface area (Å²) in [6.07, 6.45) is 3.50. The van der Waals surface area contributed by atoms with E-state index in [9.17, 15) is 0 Å². The molecule has 18 heavy (non-hydrogen) atoms. The fourth-order valence-electron chi connectivity index (χ4n) is 1.72. The summed E-state index contributed by atoms with van der Waals surface area (Å²) in [5.41, 5.74) is 1.18. The van der Waals surface area contributed by atoms with Gasteiger partial charge < -0.3 is 10.1 Å². The maximum absolute atomic E-state index is 6.07. The molecule has 0 bridgehead atoms. The van der Waals surface area contributed by atoms with Crippen LogP contribution < -0.4 is 10.1 Å². The van der Waals surface area contributed by atoms with Crippen LogP contribution in [-0.4, -0.2) is 19.2 Å². The Kier molecular flexibility index (Phi) is 7.14. The molecule has 0 aromatic heterocycles. The van der Waals surface area contributed by atoms with Crippen LogP contribution in [0.1, 0.15) is 38.7 Å². The van der Waals surface area contributed by atoms with Crippen molar-refractivity contribution < 1.29 is 10.1 Å². The Balaban J connectivity index is 2.16. The van der Waals surface area contributed by atoms with Gasteiger partial charge in [0.1, 0.15) is 5.75 Å². The van der Waals surface area contributed by atoms with Crippen molar-refractivity contribution in [2.45, 2.75) is 46.1 Å². The molecule has 3 heteroatoms. The number of ether oxygens (including phenoxy) is 1. The molecular weight excluding hydrogens is 246 g/mol.